The highest BCUT2D eigenvalue weighted by atomic mass is 16.5. The molecule has 1 aromatic heterocycles. The van der Waals surface area contributed by atoms with Crippen molar-refractivity contribution in [2.75, 3.05) is 0 Å². The third-order valence-corrected chi connectivity index (χ3v) is 1.85. The first kappa shape index (κ1) is 7.55. The van der Waals surface area contributed by atoms with Crippen LogP contribution in [-0.4, -0.2) is 16.2 Å². The lowest BCUT2D eigenvalue weighted by Crippen LogP contribution is -1.99. The van der Waals surface area contributed by atoms with Crippen LogP contribution in [0.3, 0.4) is 0 Å². The summed E-state index contributed by atoms with van der Waals surface area (Å²) in [4.78, 5) is 3.90. The molecule has 1 aliphatic rings. The largest absolute Gasteiger partial charge is 0.490 e. The first-order valence-corrected chi connectivity index (χ1v) is 4.10. The predicted octanol–water partition coefficient (Wildman–Crippen LogP) is 1.12. The van der Waals surface area contributed by atoms with E-state index < -0.39 is 0 Å². The standard InChI is InChI=1S/C9H11NO2/c11-6-7-5-10-4-3-9(7)12-8-1-2-8/h3-5,8,11H,1-2,6H2. The van der Waals surface area contributed by atoms with Crippen LogP contribution in [0.25, 0.3) is 0 Å². The zero-order valence-corrected chi connectivity index (χ0v) is 6.73. The molecule has 1 saturated carbocycles. The Hall–Kier alpha value is -1.09. The van der Waals surface area contributed by atoms with Crippen LogP contribution >= 0.6 is 0 Å². The second-order valence-electron chi connectivity index (χ2n) is 2.96. The number of nitrogens with zero attached hydrogens (tertiary/aromatic N) is 1. The maximum atomic E-state index is 8.93. The molecule has 1 aromatic rings. The summed E-state index contributed by atoms with van der Waals surface area (Å²) < 4.78 is 5.55. The number of rotatable bonds is 3. The fourth-order valence-corrected chi connectivity index (χ4v) is 1.01. The number of ether oxygens (including phenoxy) is 1. The van der Waals surface area contributed by atoms with Crippen LogP contribution in [0.1, 0.15) is 18.4 Å². The average molecular weight is 165 g/mol. The number of aliphatic hydroxyl groups is 1. The zero-order chi connectivity index (χ0) is 8.39. The third-order valence-electron chi connectivity index (χ3n) is 1.85. The molecule has 0 aliphatic heterocycles. The Morgan fingerprint density at radius 3 is 3.08 bits per heavy atom. The van der Waals surface area contributed by atoms with Crippen molar-refractivity contribution in [2.24, 2.45) is 0 Å². The van der Waals surface area contributed by atoms with Crippen molar-refractivity contribution in [2.45, 2.75) is 25.6 Å². The van der Waals surface area contributed by atoms with Crippen molar-refractivity contribution in [3.05, 3.63) is 24.0 Å². The molecule has 3 nitrogen and oxygen atoms in total. The van der Waals surface area contributed by atoms with Gasteiger partial charge < -0.3 is 9.84 Å². The smallest absolute Gasteiger partial charge is 0.128 e. The highest BCUT2D eigenvalue weighted by molar-refractivity contribution is 5.29. The highest BCUT2D eigenvalue weighted by Gasteiger charge is 2.24. The molecule has 1 fully saturated rings. The lowest BCUT2D eigenvalue weighted by Gasteiger charge is -2.07. The molecular formula is C9H11NO2. The van der Waals surface area contributed by atoms with Crippen LogP contribution in [-0.2, 0) is 6.61 Å². The van der Waals surface area contributed by atoms with E-state index in [1.54, 1.807) is 18.5 Å². The van der Waals surface area contributed by atoms with Gasteiger partial charge in [-0.25, -0.2) is 0 Å². The summed E-state index contributed by atoms with van der Waals surface area (Å²) in [7, 11) is 0. The molecule has 64 valence electrons. The maximum absolute atomic E-state index is 8.93. The van der Waals surface area contributed by atoms with Crippen molar-refractivity contribution in [3.8, 4) is 5.75 Å². The van der Waals surface area contributed by atoms with Crippen molar-refractivity contribution >= 4 is 0 Å². The van der Waals surface area contributed by atoms with E-state index in [0.29, 0.717) is 6.10 Å². The van der Waals surface area contributed by atoms with Crippen molar-refractivity contribution in [1.29, 1.82) is 0 Å². The van der Waals surface area contributed by atoms with Gasteiger partial charge >= 0.3 is 0 Å². The molecule has 0 radical (unpaired) electrons. The van der Waals surface area contributed by atoms with Gasteiger partial charge in [0.1, 0.15) is 5.75 Å². The van der Waals surface area contributed by atoms with Crippen LogP contribution in [0.15, 0.2) is 18.5 Å². The van der Waals surface area contributed by atoms with E-state index in [1.807, 2.05) is 0 Å². The lowest BCUT2D eigenvalue weighted by molar-refractivity contribution is 0.257. The van der Waals surface area contributed by atoms with Gasteiger partial charge in [0.05, 0.1) is 12.7 Å². The maximum Gasteiger partial charge on any atom is 0.128 e. The fraction of sp³-hybridized carbons (Fsp3) is 0.444. The average Bonchev–Trinajstić information content (AvgIpc) is 2.89. The SMILES string of the molecule is OCc1cnccc1OC1CC1. The normalized spacial score (nSPS) is 16.1. The molecular weight excluding hydrogens is 154 g/mol. The van der Waals surface area contributed by atoms with E-state index in [1.165, 1.54) is 0 Å². The minimum absolute atomic E-state index is 0.00407. The zero-order valence-electron chi connectivity index (χ0n) is 6.73. The summed E-state index contributed by atoms with van der Waals surface area (Å²) >= 11 is 0. The van der Waals surface area contributed by atoms with Gasteiger partial charge in [-0.2, -0.15) is 0 Å². The summed E-state index contributed by atoms with van der Waals surface area (Å²) in [5, 5.41) is 8.93. The molecule has 0 amide bonds. The Morgan fingerprint density at radius 1 is 1.58 bits per heavy atom. The Balaban J connectivity index is 2.15. The topological polar surface area (TPSA) is 42.4 Å². The number of pyridine rings is 1. The van der Waals surface area contributed by atoms with Gasteiger partial charge in [0.15, 0.2) is 0 Å². The van der Waals surface area contributed by atoms with Crippen LogP contribution in [0.2, 0.25) is 0 Å². The lowest BCUT2D eigenvalue weighted by atomic mass is 10.3. The molecule has 3 heteroatoms. The predicted molar refractivity (Wildman–Crippen MR) is 43.8 cm³/mol. The molecule has 1 heterocycles. The van der Waals surface area contributed by atoms with E-state index in [-0.39, 0.29) is 6.61 Å². The van der Waals surface area contributed by atoms with Gasteiger partial charge in [-0.3, -0.25) is 4.98 Å². The van der Waals surface area contributed by atoms with E-state index >= 15 is 0 Å². The summed E-state index contributed by atoms with van der Waals surface area (Å²) in [5.74, 6) is 0.773. The molecule has 0 atom stereocenters. The number of hydrogen-bond acceptors (Lipinski definition) is 3. The second-order valence-corrected chi connectivity index (χ2v) is 2.96. The van der Waals surface area contributed by atoms with Crippen LogP contribution in [0.4, 0.5) is 0 Å². The minimum atomic E-state index is -0.00407. The Morgan fingerprint density at radius 2 is 2.42 bits per heavy atom. The quantitative estimate of drug-likeness (QED) is 0.729. The number of hydrogen-bond donors (Lipinski definition) is 1. The first-order chi connectivity index (χ1) is 5.90. The fourth-order valence-electron chi connectivity index (χ4n) is 1.01. The number of aromatic nitrogens is 1. The van der Waals surface area contributed by atoms with E-state index in [0.717, 1.165) is 24.2 Å². The Kier molecular flexibility index (Phi) is 1.96. The van der Waals surface area contributed by atoms with Crippen LogP contribution in [0.5, 0.6) is 5.75 Å². The van der Waals surface area contributed by atoms with Crippen molar-refractivity contribution < 1.29 is 9.84 Å². The molecule has 0 aromatic carbocycles. The van der Waals surface area contributed by atoms with Gasteiger partial charge in [-0.15, -0.1) is 0 Å². The minimum Gasteiger partial charge on any atom is -0.490 e. The molecule has 1 aliphatic carbocycles. The monoisotopic (exact) mass is 165 g/mol. The Bertz CT molecular complexity index is 271. The van der Waals surface area contributed by atoms with Gasteiger partial charge in [0, 0.05) is 18.0 Å². The molecule has 12 heavy (non-hydrogen) atoms. The van der Waals surface area contributed by atoms with Gasteiger partial charge in [0.2, 0.25) is 0 Å². The highest BCUT2D eigenvalue weighted by Crippen LogP contribution is 2.28. The molecule has 0 saturated heterocycles. The summed E-state index contributed by atoms with van der Waals surface area (Å²) in [5.41, 5.74) is 0.768. The molecule has 0 bridgehead atoms. The summed E-state index contributed by atoms with van der Waals surface area (Å²) in [6, 6.07) is 1.80. The van der Waals surface area contributed by atoms with Crippen molar-refractivity contribution in [1.82, 2.24) is 4.98 Å². The molecule has 1 N–H and O–H groups in total. The molecule has 2 rings (SSSR count). The van der Waals surface area contributed by atoms with E-state index in [9.17, 15) is 0 Å². The number of aliphatic hydroxyl groups excluding tert-OH is 1. The summed E-state index contributed by atoms with van der Waals surface area (Å²) in [6.45, 7) is -0.00407. The second kappa shape index (κ2) is 3.11. The van der Waals surface area contributed by atoms with E-state index in [4.69, 9.17) is 9.84 Å². The van der Waals surface area contributed by atoms with Crippen molar-refractivity contribution in [3.63, 3.8) is 0 Å². The molecule has 0 spiro atoms. The summed E-state index contributed by atoms with van der Waals surface area (Å²) in [6.07, 6.45) is 5.95. The van der Waals surface area contributed by atoms with Gasteiger partial charge in [0.25, 0.3) is 0 Å². The first-order valence-electron chi connectivity index (χ1n) is 4.10. The van der Waals surface area contributed by atoms with Gasteiger partial charge in [-0.05, 0) is 18.9 Å². The van der Waals surface area contributed by atoms with E-state index in [2.05, 4.69) is 4.98 Å². The molecule has 0 unspecified atom stereocenters. The van der Waals surface area contributed by atoms with Crippen LogP contribution in [0, 0.1) is 0 Å². The van der Waals surface area contributed by atoms with Crippen LogP contribution < -0.4 is 4.74 Å². The third kappa shape index (κ3) is 1.56. The van der Waals surface area contributed by atoms with Gasteiger partial charge in [-0.1, -0.05) is 0 Å². The Labute approximate surface area is 71.0 Å².